The molecule has 63 heavy (non-hydrogen) atoms. The number of hydrogen-bond donors (Lipinski definition) is 0. The molecule has 0 atom stereocenters. The van der Waals surface area contributed by atoms with Crippen LogP contribution in [0.15, 0.2) is 231 Å². The van der Waals surface area contributed by atoms with Crippen molar-refractivity contribution in [3.05, 3.63) is 253 Å². The second-order valence-corrected chi connectivity index (χ2v) is 16.8. The molecule has 3 aliphatic rings. The summed E-state index contributed by atoms with van der Waals surface area (Å²) in [6.07, 6.45) is 5.78. The van der Waals surface area contributed by atoms with Crippen LogP contribution in [-0.4, -0.2) is 23.4 Å². The maximum atomic E-state index is 5.12. The molecule has 5 heterocycles. The van der Waals surface area contributed by atoms with Crippen LogP contribution in [0.5, 0.6) is 0 Å². The summed E-state index contributed by atoms with van der Waals surface area (Å²) in [5.74, 6) is 0. The van der Waals surface area contributed by atoms with Crippen molar-refractivity contribution in [1.82, 2.24) is 9.97 Å². The fourth-order valence-corrected chi connectivity index (χ4v) is 11.4. The van der Waals surface area contributed by atoms with Gasteiger partial charge < -0.3 is 9.80 Å². The Kier molecular flexibility index (Phi) is 7.98. The standard InChI is InChI=1S/C57H38B2N4/c1-4-20-40(21-5-1)57(41-22-6-2-7-23-41)44-26-10-11-27-46(44)59-48-29-13-14-30-49(48)62(43-33-36-60-37-34-43)56-53(59)45(57)38-52-54(56)58(42-24-8-3-9-25-42)47-28-12-15-31-50(47)63(52)51-32-16-18-39-19-17-35-61-55(39)51/h1-38H. The van der Waals surface area contributed by atoms with Crippen LogP contribution in [0, 0.1) is 0 Å². The highest BCUT2D eigenvalue weighted by atomic mass is 15.2. The Bertz CT molecular complexity index is 3340. The first-order valence-electron chi connectivity index (χ1n) is 21.8. The Balaban J connectivity index is 1.30. The Labute approximate surface area is 368 Å². The zero-order valence-electron chi connectivity index (χ0n) is 34.4. The molecule has 3 aliphatic heterocycles. The van der Waals surface area contributed by atoms with Gasteiger partial charge in [0, 0.05) is 52.4 Å². The largest absolute Gasteiger partial charge is 0.312 e. The number of pyridine rings is 2. The zero-order chi connectivity index (χ0) is 41.5. The van der Waals surface area contributed by atoms with E-state index >= 15 is 0 Å². The third-order valence-corrected chi connectivity index (χ3v) is 13.8. The summed E-state index contributed by atoms with van der Waals surface area (Å²) >= 11 is 0. The summed E-state index contributed by atoms with van der Waals surface area (Å²) < 4.78 is 0. The number of benzene rings is 8. The van der Waals surface area contributed by atoms with E-state index in [4.69, 9.17) is 4.98 Å². The van der Waals surface area contributed by atoms with Gasteiger partial charge in [-0.3, -0.25) is 9.97 Å². The maximum absolute atomic E-state index is 5.12. The van der Waals surface area contributed by atoms with Crippen molar-refractivity contribution in [1.29, 1.82) is 0 Å². The van der Waals surface area contributed by atoms with Crippen molar-refractivity contribution < 1.29 is 0 Å². The Morgan fingerprint density at radius 3 is 1.68 bits per heavy atom. The number of fused-ring (bicyclic) bond motifs is 8. The highest BCUT2D eigenvalue weighted by Crippen LogP contribution is 2.52. The number of rotatable bonds is 5. The van der Waals surface area contributed by atoms with E-state index < -0.39 is 5.41 Å². The number of nitrogens with zero attached hydrogens (tertiary/aromatic N) is 4. The highest BCUT2D eigenvalue weighted by molar-refractivity contribution is 7.02. The van der Waals surface area contributed by atoms with Crippen molar-refractivity contribution in [2.24, 2.45) is 0 Å². The van der Waals surface area contributed by atoms with Crippen LogP contribution in [0.25, 0.3) is 10.9 Å². The van der Waals surface area contributed by atoms with E-state index in [1.165, 1.54) is 66.4 Å². The molecule has 0 fully saturated rings. The zero-order valence-corrected chi connectivity index (χ0v) is 34.4. The van der Waals surface area contributed by atoms with Crippen LogP contribution in [0.3, 0.4) is 0 Å². The Morgan fingerprint density at radius 2 is 0.968 bits per heavy atom. The molecule has 6 heteroatoms. The lowest BCUT2D eigenvalue weighted by Crippen LogP contribution is -2.68. The van der Waals surface area contributed by atoms with Gasteiger partial charge in [0.15, 0.2) is 0 Å². The monoisotopic (exact) mass is 800 g/mol. The first kappa shape index (κ1) is 35.8. The van der Waals surface area contributed by atoms with Crippen molar-refractivity contribution >= 4 is 91.2 Å². The van der Waals surface area contributed by atoms with Gasteiger partial charge in [0.2, 0.25) is 13.4 Å². The average molecular weight is 801 g/mol. The van der Waals surface area contributed by atoms with E-state index in [1.54, 1.807) is 0 Å². The molecule has 0 unspecified atom stereocenters. The molecule has 292 valence electrons. The first-order chi connectivity index (χ1) is 31.3. The first-order valence-corrected chi connectivity index (χ1v) is 21.8. The van der Waals surface area contributed by atoms with Gasteiger partial charge in [-0.05, 0) is 86.6 Å². The molecule has 0 bridgehead atoms. The van der Waals surface area contributed by atoms with E-state index in [-0.39, 0.29) is 13.4 Å². The lowest BCUT2D eigenvalue weighted by molar-refractivity contribution is 0.751. The predicted molar refractivity (Wildman–Crippen MR) is 263 cm³/mol. The van der Waals surface area contributed by atoms with Crippen LogP contribution in [-0.2, 0) is 5.41 Å². The molecule has 0 amide bonds. The van der Waals surface area contributed by atoms with Gasteiger partial charge in [0.25, 0.3) is 0 Å². The molecular formula is C57H38B2N4. The van der Waals surface area contributed by atoms with Crippen molar-refractivity contribution in [2.45, 2.75) is 5.41 Å². The second kappa shape index (κ2) is 14.1. The van der Waals surface area contributed by atoms with Gasteiger partial charge in [0.05, 0.1) is 16.6 Å². The summed E-state index contributed by atoms with van der Waals surface area (Å²) in [4.78, 5) is 14.8. The molecule has 0 saturated heterocycles. The molecule has 13 rings (SSSR count). The van der Waals surface area contributed by atoms with E-state index in [1.807, 2.05) is 24.7 Å². The third-order valence-electron chi connectivity index (χ3n) is 13.8. The molecule has 0 radical (unpaired) electrons. The van der Waals surface area contributed by atoms with E-state index in [0.29, 0.717) is 0 Å². The molecule has 8 aromatic carbocycles. The lowest BCUT2D eigenvalue weighted by Gasteiger charge is -2.51. The molecule has 0 aliphatic carbocycles. The number of hydrogen-bond acceptors (Lipinski definition) is 4. The maximum Gasteiger partial charge on any atom is 0.249 e. The molecule has 0 N–H and O–H groups in total. The fraction of sp³-hybridized carbons (Fsp3) is 0.0175. The fourth-order valence-electron chi connectivity index (χ4n) is 11.4. The van der Waals surface area contributed by atoms with Crippen LogP contribution in [0.1, 0.15) is 22.3 Å². The van der Waals surface area contributed by atoms with E-state index in [9.17, 15) is 0 Å². The van der Waals surface area contributed by atoms with Gasteiger partial charge in [-0.15, -0.1) is 0 Å². The smallest absolute Gasteiger partial charge is 0.249 e. The average Bonchev–Trinajstić information content (AvgIpc) is 3.36. The topological polar surface area (TPSA) is 32.3 Å². The lowest BCUT2D eigenvalue weighted by atomic mass is 9.27. The van der Waals surface area contributed by atoms with Gasteiger partial charge in [-0.25, -0.2) is 0 Å². The summed E-state index contributed by atoms with van der Waals surface area (Å²) in [6, 6.07) is 78.6. The van der Waals surface area contributed by atoms with Crippen molar-refractivity contribution in [3.63, 3.8) is 0 Å². The van der Waals surface area contributed by atoms with Crippen LogP contribution in [0.2, 0.25) is 0 Å². The van der Waals surface area contributed by atoms with Crippen LogP contribution in [0.4, 0.5) is 34.1 Å². The second-order valence-electron chi connectivity index (χ2n) is 16.8. The van der Waals surface area contributed by atoms with E-state index in [0.717, 1.165) is 33.7 Å². The van der Waals surface area contributed by atoms with Crippen LogP contribution >= 0.6 is 0 Å². The summed E-state index contributed by atoms with van der Waals surface area (Å²) in [5.41, 5.74) is 19.8. The predicted octanol–water partition coefficient (Wildman–Crippen LogP) is 8.92. The summed E-state index contributed by atoms with van der Waals surface area (Å²) in [7, 11) is 0. The van der Waals surface area contributed by atoms with Gasteiger partial charge in [0.1, 0.15) is 0 Å². The molecular weight excluding hydrogens is 762 g/mol. The summed E-state index contributed by atoms with van der Waals surface area (Å²) in [5, 5.41) is 1.10. The van der Waals surface area contributed by atoms with Gasteiger partial charge in [-0.2, -0.15) is 0 Å². The quantitative estimate of drug-likeness (QED) is 0.163. The van der Waals surface area contributed by atoms with E-state index in [2.05, 4.69) is 221 Å². The Hall–Kier alpha value is -7.95. The SMILES string of the molecule is c1ccc(B2c3ccccc3N(c3cccc4cccnc34)c3cc4c5c(c32)N(c2ccncc2)c2ccccc2B5c2ccccc2C4(c2ccccc2)c2ccccc2)cc1. The molecule has 4 nitrogen and oxygen atoms in total. The molecule has 0 saturated carbocycles. The Morgan fingerprint density at radius 1 is 0.397 bits per heavy atom. The molecule has 2 aromatic heterocycles. The van der Waals surface area contributed by atoms with Crippen molar-refractivity contribution in [2.75, 3.05) is 9.80 Å². The minimum atomic E-state index is -0.688. The van der Waals surface area contributed by atoms with Crippen molar-refractivity contribution in [3.8, 4) is 0 Å². The van der Waals surface area contributed by atoms with Gasteiger partial charge in [-0.1, -0.05) is 181 Å². The summed E-state index contributed by atoms with van der Waals surface area (Å²) in [6.45, 7) is -0.153. The number of aromatic nitrogens is 2. The molecule has 0 spiro atoms. The highest BCUT2D eigenvalue weighted by Gasteiger charge is 2.54. The minimum absolute atomic E-state index is 0.0485. The van der Waals surface area contributed by atoms with Crippen LogP contribution < -0.4 is 42.6 Å². The normalized spacial score (nSPS) is 14.0. The minimum Gasteiger partial charge on any atom is -0.312 e. The number of anilines is 6. The van der Waals surface area contributed by atoms with Gasteiger partial charge >= 0.3 is 0 Å². The molecule has 10 aromatic rings. The third kappa shape index (κ3) is 5.06. The number of para-hydroxylation sites is 3.